The minimum absolute atomic E-state index is 0.219. The van der Waals surface area contributed by atoms with Gasteiger partial charge in [0.25, 0.3) is 0 Å². The van der Waals surface area contributed by atoms with Crippen molar-refractivity contribution in [3.8, 4) is 0 Å². The molecule has 1 unspecified atom stereocenters. The number of hydrogen-bond donors (Lipinski definition) is 1. The lowest BCUT2D eigenvalue weighted by atomic mass is 9.94. The van der Waals surface area contributed by atoms with Crippen LogP contribution in [0.4, 0.5) is 8.78 Å². The van der Waals surface area contributed by atoms with Crippen LogP contribution in [0.1, 0.15) is 34.7 Å². The smallest absolute Gasteiger partial charge is 0.304 e. The zero-order chi connectivity index (χ0) is 21.4. The van der Waals surface area contributed by atoms with Crippen LogP contribution in [0, 0.1) is 18.6 Å². The molecule has 0 saturated carbocycles. The van der Waals surface area contributed by atoms with Crippen molar-refractivity contribution in [2.24, 2.45) is 0 Å². The van der Waals surface area contributed by atoms with Crippen molar-refractivity contribution >= 4 is 16.9 Å². The van der Waals surface area contributed by atoms with Crippen molar-refractivity contribution in [1.29, 1.82) is 0 Å². The number of rotatable bonds is 5. The maximum atomic E-state index is 14.6. The highest BCUT2D eigenvalue weighted by atomic mass is 19.1. The monoisotopic (exact) mass is 412 g/mol. The summed E-state index contributed by atoms with van der Waals surface area (Å²) in [6, 6.07) is 9.70. The lowest BCUT2D eigenvalue weighted by Crippen LogP contribution is -2.22. The summed E-state index contributed by atoms with van der Waals surface area (Å²) < 4.78 is 30.2. The van der Waals surface area contributed by atoms with Crippen molar-refractivity contribution in [3.63, 3.8) is 0 Å². The number of aryl methyl sites for hydroxylation is 1. The molecular weight excluding hydrogens is 386 g/mol. The van der Waals surface area contributed by atoms with Crippen molar-refractivity contribution in [2.75, 3.05) is 20.1 Å². The number of nitrogens with zero attached hydrogens (tertiary/aromatic N) is 2. The minimum atomic E-state index is -0.998. The average Bonchev–Trinajstić information content (AvgIpc) is 2.81. The van der Waals surface area contributed by atoms with Gasteiger partial charge in [-0.15, -0.1) is 0 Å². The largest absolute Gasteiger partial charge is 0.481 e. The fourth-order valence-electron chi connectivity index (χ4n) is 4.61. The third-order valence-corrected chi connectivity index (χ3v) is 6.14. The normalized spacial score (nSPS) is 15.7. The fourth-order valence-corrected chi connectivity index (χ4v) is 4.61. The topological polar surface area (TPSA) is 45.5 Å². The molecule has 0 amide bonds. The number of carboxylic acids is 1. The van der Waals surface area contributed by atoms with Crippen LogP contribution in [0.2, 0.25) is 0 Å². The van der Waals surface area contributed by atoms with Gasteiger partial charge in [-0.2, -0.15) is 0 Å². The molecule has 3 aromatic rings. The first-order valence-corrected chi connectivity index (χ1v) is 10.3. The van der Waals surface area contributed by atoms with Crippen LogP contribution in [0.15, 0.2) is 36.4 Å². The number of aromatic nitrogens is 1. The SMILES string of the molecule is Cc1ccc2c(c1)c1c(n2CC(CC(=O)O)c2ccc(F)cc2F)CCN(C)CC1. The first kappa shape index (κ1) is 20.5. The molecule has 0 saturated heterocycles. The second-order valence-corrected chi connectivity index (χ2v) is 8.32. The maximum absolute atomic E-state index is 14.6. The second kappa shape index (κ2) is 8.19. The molecular formula is C24H26F2N2O2. The Morgan fingerprint density at radius 1 is 1.13 bits per heavy atom. The highest BCUT2D eigenvalue weighted by molar-refractivity contribution is 5.86. The Morgan fingerprint density at radius 3 is 2.63 bits per heavy atom. The van der Waals surface area contributed by atoms with E-state index >= 15 is 0 Å². The Morgan fingerprint density at radius 2 is 1.90 bits per heavy atom. The summed E-state index contributed by atoms with van der Waals surface area (Å²) in [5, 5.41) is 10.7. The van der Waals surface area contributed by atoms with Crippen molar-refractivity contribution in [3.05, 3.63) is 70.4 Å². The molecule has 0 spiro atoms. The number of hydrogen-bond acceptors (Lipinski definition) is 2. The Bertz CT molecular complexity index is 1110. The number of carboxylic acid groups (broad SMARTS) is 1. The maximum Gasteiger partial charge on any atom is 0.304 e. The molecule has 0 fully saturated rings. The number of aliphatic carboxylic acids is 1. The van der Waals surface area contributed by atoms with E-state index in [0.717, 1.165) is 37.5 Å². The number of halogens is 2. The van der Waals surface area contributed by atoms with Gasteiger partial charge in [0.15, 0.2) is 0 Å². The van der Waals surface area contributed by atoms with Gasteiger partial charge in [-0.3, -0.25) is 4.79 Å². The molecule has 4 rings (SSSR count). The third kappa shape index (κ3) is 3.97. The molecule has 1 aliphatic heterocycles. The molecule has 158 valence electrons. The van der Waals surface area contributed by atoms with E-state index in [1.807, 2.05) is 0 Å². The van der Waals surface area contributed by atoms with Crippen molar-refractivity contribution < 1.29 is 18.7 Å². The van der Waals surface area contributed by atoms with E-state index in [1.165, 1.54) is 34.3 Å². The average molecular weight is 412 g/mol. The van der Waals surface area contributed by atoms with Crippen LogP contribution < -0.4 is 0 Å². The zero-order valence-electron chi connectivity index (χ0n) is 17.3. The Balaban J connectivity index is 1.83. The number of likely N-dealkylation sites (N-methyl/N-ethyl adjacent to an activating group) is 1. The lowest BCUT2D eigenvalue weighted by molar-refractivity contribution is -0.137. The molecule has 0 aliphatic carbocycles. The molecule has 2 aromatic carbocycles. The summed E-state index contributed by atoms with van der Waals surface area (Å²) in [7, 11) is 2.10. The summed E-state index contributed by atoms with van der Waals surface area (Å²) in [6.45, 7) is 4.28. The molecule has 0 bridgehead atoms. The Hall–Kier alpha value is -2.73. The summed E-state index contributed by atoms with van der Waals surface area (Å²) in [6.07, 6.45) is 1.56. The number of fused-ring (bicyclic) bond motifs is 3. The predicted molar refractivity (Wildman–Crippen MR) is 113 cm³/mol. The van der Waals surface area contributed by atoms with Crippen molar-refractivity contribution in [2.45, 2.75) is 38.6 Å². The quantitative estimate of drug-likeness (QED) is 0.670. The van der Waals surface area contributed by atoms with E-state index in [1.54, 1.807) is 0 Å². The summed E-state index contributed by atoms with van der Waals surface area (Å²) in [4.78, 5) is 13.9. The molecule has 1 N–H and O–H groups in total. The minimum Gasteiger partial charge on any atom is -0.481 e. The van der Waals surface area contributed by atoms with Crippen LogP contribution in [0.3, 0.4) is 0 Å². The van der Waals surface area contributed by atoms with Crippen LogP contribution in [-0.2, 0) is 24.2 Å². The van der Waals surface area contributed by atoms with Gasteiger partial charge in [0.1, 0.15) is 11.6 Å². The van der Waals surface area contributed by atoms with Crippen LogP contribution in [-0.4, -0.2) is 40.7 Å². The zero-order valence-corrected chi connectivity index (χ0v) is 17.3. The standard InChI is InChI=1S/C24H26F2N2O2/c1-15-3-6-22-20(11-15)19-7-9-27(2)10-8-23(19)28(22)14-16(12-24(29)30)18-5-4-17(25)13-21(18)26/h3-6,11,13,16H,7-10,12,14H2,1-2H3,(H,29,30). The Labute approximate surface area is 174 Å². The van der Waals surface area contributed by atoms with Crippen LogP contribution >= 0.6 is 0 Å². The molecule has 1 aromatic heterocycles. The summed E-state index contributed by atoms with van der Waals surface area (Å²) >= 11 is 0. The van der Waals surface area contributed by atoms with Gasteiger partial charge in [-0.25, -0.2) is 8.78 Å². The molecule has 1 atom stereocenters. The van der Waals surface area contributed by atoms with E-state index in [2.05, 4.69) is 41.6 Å². The number of benzene rings is 2. The van der Waals surface area contributed by atoms with Gasteiger partial charge >= 0.3 is 5.97 Å². The first-order chi connectivity index (χ1) is 14.3. The van der Waals surface area contributed by atoms with E-state index < -0.39 is 23.5 Å². The van der Waals surface area contributed by atoms with Gasteiger partial charge in [-0.05, 0) is 49.7 Å². The van der Waals surface area contributed by atoms with Gasteiger partial charge in [0.2, 0.25) is 0 Å². The van der Waals surface area contributed by atoms with E-state index in [-0.39, 0.29) is 12.0 Å². The molecule has 1 aliphatic rings. The molecule has 6 heteroatoms. The molecule has 2 heterocycles. The van der Waals surface area contributed by atoms with Crippen LogP contribution in [0.5, 0.6) is 0 Å². The fraction of sp³-hybridized carbons (Fsp3) is 0.375. The predicted octanol–water partition coefficient (Wildman–Crippen LogP) is 4.52. The van der Waals surface area contributed by atoms with Gasteiger partial charge < -0.3 is 14.6 Å². The number of carbonyl (C=O) groups is 1. The van der Waals surface area contributed by atoms with E-state index in [4.69, 9.17) is 0 Å². The highest BCUT2D eigenvalue weighted by Gasteiger charge is 2.25. The van der Waals surface area contributed by atoms with Gasteiger partial charge in [0.05, 0.1) is 6.42 Å². The first-order valence-electron chi connectivity index (χ1n) is 10.3. The second-order valence-electron chi connectivity index (χ2n) is 8.32. The third-order valence-electron chi connectivity index (χ3n) is 6.14. The van der Waals surface area contributed by atoms with Crippen LogP contribution in [0.25, 0.3) is 10.9 Å². The summed E-state index contributed by atoms with van der Waals surface area (Å²) in [5.74, 6) is -2.95. The highest BCUT2D eigenvalue weighted by Crippen LogP contribution is 2.34. The molecule has 4 nitrogen and oxygen atoms in total. The lowest BCUT2D eigenvalue weighted by Gasteiger charge is -2.20. The summed E-state index contributed by atoms with van der Waals surface area (Å²) in [5.41, 5.74) is 4.96. The van der Waals surface area contributed by atoms with Gasteiger partial charge in [-0.1, -0.05) is 17.7 Å². The Kier molecular flexibility index (Phi) is 5.60. The van der Waals surface area contributed by atoms with E-state index in [9.17, 15) is 18.7 Å². The molecule has 0 radical (unpaired) electrons. The molecule has 30 heavy (non-hydrogen) atoms. The van der Waals surface area contributed by atoms with E-state index in [0.29, 0.717) is 6.54 Å². The van der Waals surface area contributed by atoms with Crippen molar-refractivity contribution in [1.82, 2.24) is 9.47 Å². The van der Waals surface area contributed by atoms with Gasteiger partial charge in [0, 0.05) is 54.6 Å².